The normalized spacial score (nSPS) is 11.0. The molecule has 0 fully saturated rings. The molecule has 0 atom stereocenters. The number of nitrogens with zero attached hydrogens (tertiary/aromatic N) is 1. The molecule has 25 heavy (non-hydrogen) atoms. The first kappa shape index (κ1) is 18.4. The van der Waals surface area contributed by atoms with Gasteiger partial charge in [-0.15, -0.1) is 0 Å². The number of hydrogen-bond donors (Lipinski definition) is 1. The van der Waals surface area contributed by atoms with Gasteiger partial charge in [0.05, 0.1) is 16.9 Å². The molecule has 2 aromatic carbocycles. The zero-order chi connectivity index (χ0) is 18.7. The van der Waals surface area contributed by atoms with Crippen LogP contribution in [-0.2, 0) is 9.59 Å². The van der Waals surface area contributed by atoms with Gasteiger partial charge in [0.25, 0.3) is 5.69 Å². The zero-order valence-corrected chi connectivity index (χ0v) is 14.5. The van der Waals surface area contributed by atoms with Crippen molar-refractivity contribution in [3.05, 3.63) is 40.4 Å². The van der Waals surface area contributed by atoms with Crippen molar-refractivity contribution >= 4 is 34.0 Å². The number of carbonyl (C=O) groups excluding carboxylic acids is 2. The Morgan fingerprint density at radius 3 is 2.20 bits per heavy atom. The molecular weight excluding hydrogens is 324 g/mol. The highest BCUT2D eigenvalue weighted by atomic mass is 16.6. The van der Waals surface area contributed by atoms with Gasteiger partial charge >= 0.3 is 5.97 Å². The van der Waals surface area contributed by atoms with Crippen LogP contribution in [0.3, 0.4) is 0 Å². The van der Waals surface area contributed by atoms with Gasteiger partial charge in [-0.25, -0.2) is 0 Å². The van der Waals surface area contributed by atoms with E-state index in [-0.39, 0.29) is 34.9 Å². The fraction of sp³-hybridized carbons (Fsp3) is 0.333. The summed E-state index contributed by atoms with van der Waals surface area (Å²) in [6.45, 7) is 6.75. The maximum atomic E-state index is 12.1. The molecule has 7 nitrogen and oxygen atoms in total. The van der Waals surface area contributed by atoms with Gasteiger partial charge < -0.3 is 10.1 Å². The SMILES string of the molecule is CC(C)C(=O)Nc1c([N+](=O)[O-])cc(OC(=O)C(C)C)c2ccccc12. The predicted octanol–water partition coefficient (Wildman–Crippen LogP) is 3.90. The molecular formula is C18H20N2O5. The molecule has 0 aliphatic carbocycles. The Morgan fingerprint density at radius 1 is 1.08 bits per heavy atom. The second kappa shape index (κ2) is 7.29. The molecule has 1 N–H and O–H groups in total. The van der Waals surface area contributed by atoms with Crippen LogP contribution in [0.5, 0.6) is 5.75 Å². The lowest BCUT2D eigenvalue weighted by molar-refractivity contribution is -0.383. The average molecular weight is 344 g/mol. The molecule has 2 rings (SSSR count). The number of rotatable bonds is 5. The molecule has 0 saturated carbocycles. The van der Waals surface area contributed by atoms with E-state index in [1.165, 1.54) is 6.07 Å². The Bertz CT molecular complexity index is 843. The molecule has 0 saturated heterocycles. The van der Waals surface area contributed by atoms with Crippen LogP contribution in [0.15, 0.2) is 30.3 Å². The highest BCUT2D eigenvalue weighted by Gasteiger charge is 2.24. The summed E-state index contributed by atoms with van der Waals surface area (Å²) in [5.41, 5.74) is -0.220. The van der Waals surface area contributed by atoms with E-state index in [0.717, 1.165) is 0 Å². The number of carbonyl (C=O) groups is 2. The third-order valence-corrected chi connectivity index (χ3v) is 3.64. The number of anilines is 1. The van der Waals surface area contributed by atoms with E-state index in [4.69, 9.17) is 4.74 Å². The van der Waals surface area contributed by atoms with Crippen LogP contribution >= 0.6 is 0 Å². The maximum absolute atomic E-state index is 12.1. The lowest BCUT2D eigenvalue weighted by Crippen LogP contribution is -2.19. The van der Waals surface area contributed by atoms with Crippen LogP contribution in [0.2, 0.25) is 0 Å². The Hall–Kier alpha value is -2.96. The van der Waals surface area contributed by atoms with Crippen molar-refractivity contribution in [1.29, 1.82) is 0 Å². The Balaban J connectivity index is 2.68. The van der Waals surface area contributed by atoms with Gasteiger partial charge in [-0.1, -0.05) is 52.0 Å². The Kier molecular flexibility index (Phi) is 5.36. The van der Waals surface area contributed by atoms with E-state index in [1.807, 2.05) is 0 Å². The molecule has 1 amide bonds. The summed E-state index contributed by atoms with van der Waals surface area (Å²) in [5, 5.41) is 15.1. The summed E-state index contributed by atoms with van der Waals surface area (Å²) in [6, 6.07) is 7.94. The summed E-state index contributed by atoms with van der Waals surface area (Å²) in [7, 11) is 0. The number of nitro benzene ring substituents is 1. The number of benzene rings is 2. The molecule has 132 valence electrons. The molecule has 0 aliphatic rings. The first-order valence-electron chi connectivity index (χ1n) is 7.95. The largest absolute Gasteiger partial charge is 0.425 e. The minimum absolute atomic E-state index is 0.101. The highest BCUT2D eigenvalue weighted by Crippen LogP contribution is 2.40. The monoisotopic (exact) mass is 344 g/mol. The van der Waals surface area contributed by atoms with Crippen LogP contribution in [0, 0.1) is 22.0 Å². The predicted molar refractivity (Wildman–Crippen MR) is 94.5 cm³/mol. The summed E-state index contributed by atoms with van der Waals surface area (Å²) in [6.07, 6.45) is 0. The van der Waals surface area contributed by atoms with Crippen LogP contribution in [0.4, 0.5) is 11.4 Å². The summed E-state index contributed by atoms with van der Waals surface area (Å²) >= 11 is 0. The van der Waals surface area contributed by atoms with Crippen molar-refractivity contribution in [1.82, 2.24) is 0 Å². The van der Waals surface area contributed by atoms with Gasteiger partial charge in [-0.3, -0.25) is 19.7 Å². The van der Waals surface area contributed by atoms with Gasteiger partial charge in [0.1, 0.15) is 11.4 Å². The molecule has 0 aromatic heterocycles. The lowest BCUT2D eigenvalue weighted by atomic mass is 10.0. The minimum Gasteiger partial charge on any atom is -0.425 e. The zero-order valence-electron chi connectivity index (χ0n) is 14.5. The van der Waals surface area contributed by atoms with E-state index in [1.54, 1.807) is 52.0 Å². The first-order valence-corrected chi connectivity index (χ1v) is 7.95. The number of ether oxygens (including phenoxy) is 1. The van der Waals surface area contributed by atoms with Gasteiger partial charge in [0.2, 0.25) is 5.91 Å². The summed E-state index contributed by atoms with van der Waals surface area (Å²) < 4.78 is 5.33. The van der Waals surface area contributed by atoms with Crippen molar-refractivity contribution in [3.63, 3.8) is 0 Å². The molecule has 0 bridgehead atoms. The smallest absolute Gasteiger partial charge is 0.313 e. The average Bonchev–Trinajstić information content (AvgIpc) is 2.55. The summed E-state index contributed by atoms with van der Waals surface area (Å²) in [5.74, 6) is -1.43. The second-order valence-electron chi connectivity index (χ2n) is 6.29. The van der Waals surface area contributed by atoms with E-state index in [0.29, 0.717) is 10.8 Å². The highest BCUT2D eigenvalue weighted by molar-refractivity contribution is 6.08. The molecule has 2 aromatic rings. The standard InChI is InChI=1S/C18H20N2O5/c1-10(2)17(21)19-16-13-8-6-5-7-12(13)15(9-14(16)20(23)24)25-18(22)11(3)4/h5-11H,1-4H3,(H,19,21). The summed E-state index contributed by atoms with van der Waals surface area (Å²) in [4.78, 5) is 34.9. The lowest BCUT2D eigenvalue weighted by Gasteiger charge is -2.14. The van der Waals surface area contributed by atoms with E-state index in [9.17, 15) is 19.7 Å². The van der Waals surface area contributed by atoms with Crippen LogP contribution < -0.4 is 10.1 Å². The van der Waals surface area contributed by atoms with Crippen molar-refractivity contribution in [3.8, 4) is 5.75 Å². The van der Waals surface area contributed by atoms with Crippen LogP contribution in [0.25, 0.3) is 10.8 Å². The number of nitrogens with one attached hydrogen (secondary N) is 1. The van der Waals surface area contributed by atoms with Crippen LogP contribution in [-0.4, -0.2) is 16.8 Å². The van der Waals surface area contributed by atoms with Gasteiger partial charge in [-0.05, 0) is 0 Å². The van der Waals surface area contributed by atoms with Gasteiger partial charge in [0, 0.05) is 16.7 Å². The van der Waals surface area contributed by atoms with Crippen molar-refractivity contribution in [2.75, 3.05) is 5.32 Å². The fourth-order valence-electron chi connectivity index (χ4n) is 2.18. The Labute approximate surface area is 145 Å². The van der Waals surface area contributed by atoms with Crippen molar-refractivity contribution in [2.24, 2.45) is 11.8 Å². The van der Waals surface area contributed by atoms with Gasteiger partial charge in [-0.2, -0.15) is 0 Å². The third kappa shape index (κ3) is 3.93. The van der Waals surface area contributed by atoms with Crippen molar-refractivity contribution in [2.45, 2.75) is 27.7 Å². The van der Waals surface area contributed by atoms with E-state index >= 15 is 0 Å². The fourth-order valence-corrected chi connectivity index (χ4v) is 2.18. The molecule has 0 radical (unpaired) electrons. The molecule has 0 heterocycles. The van der Waals surface area contributed by atoms with Crippen LogP contribution in [0.1, 0.15) is 27.7 Å². The quantitative estimate of drug-likeness (QED) is 0.384. The first-order chi connectivity index (χ1) is 11.7. The third-order valence-electron chi connectivity index (χ3n) is 3.64. The maximum Gasteiger partial charge on any atom is 0.313 e. The molecule has 0 unspecified atom stereocenters. The van der Waals surface area contributed by atoms with Crippen molar-refractivity contribution < 1.29 is 19.2 Å². The molecule has 0 aliphatic heterocycles. The number of fused-ring (bicyclic) bond motifs is 1. The molecule has 0 spiro atoms. The second-order valence-corrected chi connectivity index (χ2v) is 6.29. The number of nitro groups is 1. The molecule has 7 heteroatoms. The Morgan fingerprint density at radius 2 is 1.68 bits per heavy atom. The number of hydrogen-bond acceptors (Lipinski definition) is 5. The van der Waals surface area contributed by atoms with E-state index in [2.05, 4.69) is 5.32 Å². The number of amides is 1. The number of esters is 1. The topological polar surface area (TPSA) is 98.5 Å². The minimum atomic E-state index is -0.602. The van der Waals surface area contributed by atoms with Gasteiger partial charge in [0.15, 0.2) is 0 Å². The van der Waals surface area contributed by atoms with E-state index < -0.39 is 10.9 Å².